The minimum Gasteiger partial charge on any atom is -0.492 e. The summed E-state index contributed by atoms with van der Waals surface area (Å²) in [6.45, 7) is 6.02. The molecule has 1 aromatic heterocycles. The normalized spacial score (nSPS) is 11.7. The summed E-state index contributed by atoms with van der Waals surface area (Å²) >= 11 is 0. The molecule has 136 valence electrons. The Morgan fingerprint density at radius 1 is 1.04 bits per heavy atom. The van der Waals surface area contributed by atoms with Gasteiger partial charge in [-0.3, -0.25) is 4.98 Å². The van der Waals surface area contributed by atoms with E-state index in [2.05, 4.69) is 9.71 Å². The minimum atomic E-state index is -3.57. The highest BCUT2D eigenvalue weighted by molar-refractivity contribution is 7.89. The average molecular weight is 370 g/mol. The van der Waals surface area contributed by atoms with Crippen molar-refractivity contribution in [3.8, 4) is 5.75 Å². The molecule has 5 nitrogen and oxygen atoms in total. The largest absolute Gasteiger partial charge is 0.492 e. The molecule has 0 aliphatic heterocycles. The zero-order valence-electron chi connectivity index (χ0n) is 15.1. The molecular formula is C20H22N2O3S. The number of pyridine rings is 1. The Hall–Kier alpha value is -2.44. The first-order chi connectivity index (χ1) is 12.4. The summed E-state index contributed by atoms with van der Waals surface area (Å²) in [5.41, 5.74) is 3.44. The van der Waals surface area contributed by atoms with Gasteiger partial charge < -0.3 is 4.74 Å². The van der Waals surface area contributed by atoms with E-state index in [1.165, 1.54) is 0 Å². The lowest BCUT2D eigenvalue weighted by atomic mass is 10.1. The van der Waals surface area contributed by atoms with Crippen molar-refractivity contribution in [2.45, 2.75) is 25.7 Å². The van der Waals surface area contributed by atoms with Crippen LogP contribution in [0, 0.1) is 20.8 Å². The summed E-state index contributed by atoms with van der Waals surface area (Å²) in [6.07, 6.45) is 1.74. The predicted molar refractivity (Wildman–Crippen MR) is 103 cm³/mol. The zero-order valence-corrected chi connectivity index (χ0v) is 15.9. The smallest absolute Gasteiger partial charge is 0.241 e. The quantitative estimate of drug-likeness (QED) is 0.674. The topological polar surface area (TPSA) is 68.3 Å². The van der Waals surface area contributed by atoms with Crippen molar-refractivity contribution < 1.29 is 13.2 Å². The third-order valence-corrected chi connectivity index (χ3v) is 5.88. The molecule has 0 fully saturated rings. The van der Waals surface area contributed by atoms with Crippen molar-refractivity contribution in [1.29, 1.82) is 0 Å². The van der Waals surface area contributed by atoms with E-state index in [0.717, 1.165) is 27.6 Å². The molecule has 0 atom stereocenters. The molecule has 0 bridgehead atoms. The number of nitrogens with zero attached hydrogens (tertiary/aromatic N) is 1. The van der Waals surface area contributed by atoms with Gasteiger partial charge in [0.25, 0.3) is 0 Å². The first-order valence-corrected chi connectivity index (χ1v) is 9.90. The second kappa shape index (κ2) is 7.43. The zero-order chi connectivity index (χ0) is 18.7. The lowest BCUT2D eigenvalue weighted by Gasteiger charge is -2.13. The predicted octanol–water partition coefficient (Wildman–Crippen LogP) is 3.52. The molecular weight excluding hydrogens is 348 g/mol. The monoisotopic (exact) mass is 370 g/mol. The highest BCUT2D eigenvalue weighted by Gasteiger charge is 2.19. The molecule has 0 unspecified atom stereocenters. The van der Waals surface area contributed by atoms with Gasteiger partial charge in [0.1, 0.15) is 12.4 Å². The fraction of sp³-hybridized carbons (Fsp3) is 0.250. The number of aryl methyl sites for hydroxylation is 3. The van der Waals surface area contributed by atoms with Crippen LogP contribution in [-0.2, 0) is 10.0 Å². The van der Waals surface area contributed by atoms with Crippen LogP contribution in [0.3, 0.4) is 0 Å². The molecule has 3 rings (SSSR count). The van der Waals surface area contributed by atoms with Crippen LogP contribution in [0.5, 0.6) is 5.75 Å². The van der Waals surface area contributed by atoms with Gasteiger partial charge in [-0.15, -0.1) is 0 Å². The van der Waals surface area contributed by atoms with Gasteiger partial charge in [0.05, 0.1) is 10.4 Å². The van der Waals surface area contributed by atoms with Gasteiger partial charge in [-0.25, -0.2) is 13.1 Å². The Bertz CT molecular complexity index is 1020. The van der Waals surface area contributed by atoms with Gasteiger partial charge in [-0.05, 0) is 56.2 Å². The third kappa shape index (κ3) is 4.03. The van der Waals surface area contributed by atoms with Crippen molar-refractivity contribution in [2.75, 3.05) is 13.2 Å². The van der Waals surface area contributed by atoms with Crippen LogP contribution in [0.2, 0.25) is 0 Å². The van der Waals surface area contributed by atoms with Crippen LogP contribution in [-0.4, -0.2) is 26.6 Å². The molecule has 0 radical (unpaired) electrons. The number of ether oxygens (including phenoxy) is 1. The Morgan fingerprint density at radius 3 is 2.50 bits per heavy atom. The molecule has 1 heterocycles. The number of hydrogen-bond donors (Lipinski definition) is 1. The first kappa shape index (κ1) is 18.4. The molecule has 0 spiro atoms. The molecule has 0 aliphatic carbocycles. The summed E-state index contributed by atoms with van der Waals surface area (Å²) in [7, 11) is -3.57. The number of sulfonamides is 1. The molecule has 2 aromatic carbocycles. The number of benzene rings is 2. The van der Waals surface area contributed by atoms with Crippen LogP contribution >= 0.6 is 0 Å². The van der Waals surface area contributed by atoms with Crippen molar-refractivity contribution in [3.63, 3.8) is 0 Å². The molecule has 26 heavy (non-hydrogen) atoms. The summed E-state index contributed by atoms with van der Waals surface area (Å²) in [5, 5.41) is 0.983. The van der Waals surface area contributed by atoms with Crippen LogP contribution in [0.15, 0.2) is 53.6 Å². The van der Waals surface area contributed by atoms with Crippen molar-refractivity contribution >= 4 is 20.9 Å². The van der Waals surface area contributed by atoms with Crippen molar-refractivity contribution in [3.05, 3.63) is 65.4 Å². The average Bonchev–Trinajstić information content (AvgIpc) is 2.57. The van der Waals surface area contributed by atoms with Gasteiger partial charge in [-0.2, -0.15) is 0 Å². The number of aromatic nitrogens is 1. The van der Waals surface area contributed by atoms with Gasteiger partial charge in [0, 0.05) is 18.1 Å². The SMILES string of the molecule is Cc1cc(C)c(S(=O)(=O)NCCOc2ccc3ncccc3c2)c(C)c1. The fourth-order valence-corrected chi connectivity index (χ4v) is 4.61. The van der Waals surface area contributed by atoms with E-state index < -0.39 is 10.0 Å². The van der Waals surface area contributed by atoms with Gasteiger partial charge in [0.15, 0.2) is 0 Å². The van der Waals surface area contributed by atoms with E-state index in [9.17, 15) is 8.42 Å². The molecule has 0 saturated carbocycles. The highest BCUT2D eigenvalue weighted by Crippen LogP contribution is 2.22. The second-order valence-electron chi connectivity index (χ2n) is 6.33. The maximum absolute atomic E-state index is 12.6. The van der Waals surface area contributed by atoms with Gasteiger partial charge in [0.2, 0.25) is 10.0 Å². The van der Waals surface area contributed by atoms with E-state index in [1.807, 2.05) is 63.2 Å². The van der Waals surface area contributed by atoms with Crippen LogP contribution < -0.4 is 9.46 Å². The Morgan fingerprint density at radius 2 is 1.77 bits per heavy atom. The lowest BCUT2D eigenvalue weighted by molar-refractivity contribution is 0.323. The van der Waals surface area contributed by atoms with Crippen LogP contribution in [0.1, 0.15) is 16.7 Å². The summed E-state index contributed by atoms with van der Waals surface area (Å²) < 4.78 is 33.5. The number of hydrogen-bond acceptors (Lipinski definition) is 4. The molecule has 3 aromatic rings. The van der Waals surface area contributed by atoms with E-state index in [-0.39, 0.29) is 13.2 Å². The van der Waals surface area contributed by atoms with Crippen LogP contribution in [0.4, 0.5) is 0 Å². The number of fused-ring (bicyclic) bond motifs is 1. The van der Waals surface area contributed by atoms with E-state index in [1.54, 1.807) is 6.20 Å². The summed E-state index contributed by atoms with van der Waals surface area (Å²) in [4.78, 5) is 4.61. The fourth-order valence-electron chi connectivity index (χ4n) is 3.15. The number of nitrogens with one attached hydrogen (secondary N) is 1. The van der Waals surface area contributed by atoms with Crippen LogP contribution in [0.25, 0.3) is 10.9 Å². The maximum atomic E-state index is 12.6. The van der Waals surface area contributed by atoms with Gasteiger partial charge >= 0.3 is 0 Å². The highest BCUT2D eigenvalue weighted by atomic mass is 32.2. The first-order valence-electron chi connectivity index (χ1n) is 8.42. The minimum absolute atomic E-state index is 0.195. The Kier molecular flexibility index (Phi) is 5.25. The van der Waals surface area contributed by atoms with Crippen molar-refractivity contribution in [1.82, 2.24) is 9.71 Å². The van der Waals surface area contributed by atoms with Gasteiger partial charge in [-0.1, -0.05) is 23.8 Å². The Labute approximate surface area is 154 Å². The molecule has 6 heteroatoms. The Balaban J connectivity index is 1.63. The summed E-state index contributed by atoms with van der Waals surface area (Å²) in [6, 6.07) is 13.2. The van der Waals surface area contributed by atoms with E-state index in [4.69, 9.17) is 4.74 Å². The molecule has 0 saturated heterocycles. The molecule has 0 amide bonds. The standard InChI is InChI=1S/C20H22N2O3S/c1-14-11-15(2)20(16(3)12-14)26(23,24)22-9-10-25-18-6-7-19-17(13-18)5-4-8-21-19/h4-8,11-13,22H,9-10H2,1-3H3. The summed E-state index contributed by atoms with van der Waals surface area (Å²) in [5.74, 6) is 0.687. The third-order valence-electron chi connectivity index (χ3n) is 4.11. The molecule has 0 aliphatic rings. The number of rotatable bonds is 6. The lowest BCUT2D eigenvalue weighted by Crippen LogP contribution is -2.29. The van der Waals surface area contributed by atoms with E-state index in [0.29, 0.717) is 10.6 Å². The van der Waals surface area contributed by atoms with E-state index >= 15 is 0 Å². The second-order valence-corrected chi connectivity index (χ2v) is 8.04. The molecule has 1 N–H and O–H groups in total. The van der Waals surface area contributed by atoms with Crippen molar-refractivity contribution in [2.24, 2.45) is 0 Å². The maximum Gasteiger partial charge on any atom is 0.241 e.